The molecule has 4 aliphatic rings. The fourth-order valence-electron chi connectivity index (χ4n) is 6.72. The molecule has 3 aliphatic carbocycles. The number of carbonyl (C=O) groups excluding carboxylic acids is 2. The quantitative estimate of drug-likeness (QED) is 0.433. The van der Waals surface area contributed by atoms with E-state index in [1.165, 1.54) is 0 Å². The van der Waals surface area contributed by atoms with Crippen molar-refractivity contribution in [2.75, 3.05) is 0 Å². The number of aliphatic hydroxyl groups is 3. The lowest BCUT2D eigenvalue weighted by Gasteiger charge is -2.63. The molecule has 0 aromatic rings. The standard InChI is InChI=1S/C19H26O6/c1-7-5-10(20)16(23)18(3)9(7)6-11(21)19(4)12-8(2)14(25-17(12)24)13(22)15(18)19/h5,8-10,12-16,20,22-23H,6H2,1-4H3/t8-,9+,10+,12-,13+,14-,15-,16-,18+,19+/m0/s1. The lowest BCUT2D eigenvalue weighted by Crippen LogP contribution is -2.70. The Morgan fingerprint density at radius 1 is 1.20 bits per heavy atom. The van der Waals surface area contributed by atoms with Crippen LogP contribution in [0.5, 0.6) is 0 Å². The summed E-state index contributed by atoms with van der Waals surface area (Å²) in [5.74, 6) is -2.30. The highest BCUT2D eigenvalue weighted by molar-refractivity contribution is 5.93. The van der Waals surface area contributed by atoms with Crippen LogP contribution in [-0.2, 0) is 14.3 Å². The van der Waals surface area contributed by atoms with Gasteiger partial charge in [-0.2, -0.15) is 0 Å². The molecule has 1 aliphatic heterocycles. The van der Waals surface area contributed by atoms with Gasteiger partial charge in [-0.1, -0.05) is 32.4 Å². The fourth-order valence-corrected chi connectivity index (χ4v) is 6.72. The molecule has 3 N–H and O–H groups in total. The topological polar surface area (TPSA) is 104 Å². The summed E-state index contributed by atoms with van der Waals surface area (Å²) >= 11 is 0. The van der Waals surface area contributed by atoms with Gasteiger partial charge in [0, 0.05) is 29.1 Å². The van der Waals surface area contributed by atoms with Crippen LogP contribution in [0.3, 0.4) is 0 Å². The first-order valence-corrected chi connectivity index (χ1v) is 9.02. The monoisotopic (exact) mass is 350 g/mol. The minimum atomic E-state index is -1.11. The maximum absolute atomic E-state index is 13.2. The molecule has 4 rings (SSSR count). The number of rotatable bonds is 0. The second kappa shape index (κ2) is 4.93. The van der Waals surface area contributed by atoms with Gasteiger partial charge in [-0.15, -0.1) is 0 Å². The van der Waals surface area contributed by atoms with Gasteiger partial charge in [-0.3, -0.25) is 9.59 Å². The van der Waals surface area contributed by atoms with Crippen LogP contribution in [0.2, 0.25) is 0 Å². The molecule has 10 atom stereocenters. The summed E-state index contributed by atoms with van der Waals surface area (Å²) in [4.78, 5) is 25.7. The van der Waals surface area contributed by atoms with Gasteiger partial charge < -0.3 is 20.1 Å². The number of fused-ring (bicyclic) bond motifs is 6. The minimum Gasteiger partial charge on any atom is -0.459 e. The number of ketones is 1. The van der Waals surface area contributed by atoms with E-state index in [0.29, 0.717) is 0 Å². The van der Waals surface area contributed by atoms with Gasteiger partial charge in [0.05, 0.1) is 24.2 Å². The Hall–Kier alpha value is -1.24. The first kappa shape index (κ1) is 17.2. The summed E-state index contributed by atoms with van der Waals surface area (Å²) in [6.45, 7) is 7.26. The molecule has 1 saturated heterocycles. The molecule has 0 unspecified atom stereocenters. The largest absolute Gasteiger partial charge is 0.459 e. The number of carbonyl (C=O) groups is 2. The molecule has 6 nitrogen and oxygen atoms in total. The van der Waals surface area contributed by atoms with Crippen LogP contribution >= 0.6 is 0 Å². The van der Waals surface area contributed by atoms with Gasteiger partial charge in [0.1, 0.15) is 11.9 Å². The van der Waals surface area contributed by atoms with E-state index in [1.54, 1.807) is 13.0 Å². The second-order valence-electron chi connectivity index (χ2n) is 8.88. The summed E-state index contributed by atoms with van der Waals surface area (Å²) in [5, 5.41) is 32.3. The SMILES string of the molecule is CC1=C[C@@H](O)[C@H](O)[C@]2(C)[C@@H]1CC(=O)[C@]1(C)[C@@H]3C(=O)O[C@@H]([C@H]3C)[C@@H](O)[C@H]12. The Bertz CT molecular complexity index is 685. The Morgan fingerprint density at radius 3 is 2.48 bits per heavy atom. The van der Waals surface area contributed by atoms with E-state index in [9.17, 15) is 24.9 Å². The number of hydrogen-bond donors (Lipinski definition) is 3. The number of esters is 1. The number of aliphatic hydroxyl groups excluding tert-OH is 3. The predicted octanol–water partition coefficient (Wildman–Crippen LogP) is 0.438. The first-order chi connectivity index (χ1) is 11.6. The zero-order valence-electron chi connectivity index (χ0n) is 15.0. The number of hydrogen-bond acceptors (Lipinski definition) is 6. The highest BCUT2D eigenvalue weighted by Crippen LogP contribution is 2.66. The highest BCUT2D eigenvalue weighted by atomic mass is 16.6. The van der Waals surface area contributed by atoms with Gasteiger partial charge in [0.25, 0.3) is 0 Å². The molecule has 2 saturated carbocycles. The van der Waals surface area contributed by atoms with Crippen molar-refractivity contribution in [3.63, 3.8) is 0 Å². The molecule has 0 amide bonds. The van der Waals surface area contributed by atoms with E-state index in [2.05, 4.69) is 0 Å². The van der Waals surface area contributed by atoms with Crippen LogP contribution in [0.25, 0.3) is 0 Å². The Balaban J connectivity index is 1.94. The van der Waals surface area contributed by atoms with Crippen LogP contribution in [0.4, 0.5) is 0 Å². The molecule has 3 fully saturated rings. The maximum Gasteiger partial charge on any atom is 0.310 e. The van der Waals surface area contributed by atoms with Crippen molar-refractivity contribution in [2.24, 2.45) is 34.5 Å². The third-order valence-corrected chi connectivity index (χ3v) is 7.88. The minimum absolute atomic E-state index is 0.0653. The zero-order valence-corrected chi connectivity index (χ0v) is 15.0. The van der Waals surface area contributed by atoms with Crippen LogP contribution in [-0.4, -0.2) is 51.5 Å². The van der Waals surface area contributed by atoms with E-state index >= 15 is 0 Å². The lowest BCUT2D eigenvalue weighted by atomic mass is 9.40. The molecule has 0 spiro atoms. The summed E-state index contributed by atoms with van der Waals surface area (Å²) < 4.78 is 5.43. The summed E-state index contributed by atoms with van der Waals surface area (Å²) in [6, 6.07) is 0. The Kier molecular flexibility index (Phi) is 3.39. The number of allylic oxidation sites excluding steroid dienone is 1. The van der Waals surface area contributed by atoms with Crippen LogP contribution in [0.15, 0.2) is 11.6 Å². The highest BCUT2D eigenvalue weighted by Gasteiger charge is 2.74. The Labute approximate surface area is 146 Å². The molecular weight excluding hydrogens is 324 g/mol. The van der Waals surface area contributed by atoms with Crippen molar-refractivity contribution >= 4 is 11.8 Å². The van der Waals surface area contributed by atoms with E-state index < -0.39 is 53.1 Å². The van der Waals surface area contributed by atoms with Crippen molar-refractivity contribution in [3.05, 3.63) is 11.6 Å². The maximum atomic E-state index is 13.2. The zero-order chi connectivity index (χ0) is 18.5. The normalized spacial score (nSPS) is 57.5. The van der Waals surface area contributed by atoms with Gasteiger partial charge in [0.2, 0.25) is 0 Å². The molecule has 0 radical (unpaired) electrons. The summed E-state index contributed by atoms with van der Waals surface area (Å²) in [7, 11) is 0. The van der Waals surface area contributed by atoms with Crippen LogP contribution in [0.1, 0.15) is 34.1 Å². The van der Waals surface area contributed by atoms with Crippen molar-refractivity contribution in [2.45, 2.75) is 58.5 Å². The van der Waals surface area contributed by atoms with Gasteiger partial charge in [-0.05, 0) is 12.8 Å². The number of Topliss-reactive ketones (excluding diaryl/α,β-unsaturated/α-hetero) is 1. The molecule has 0 aromatic carbocycles. The smallest absolute Gasteiger partial charge is 0.310 e. The van der Waals surface area contributed by atoms with Crippen molar-refractivity contribution < 1.29 is 29.6 Å². The number of ether oxygens (including phenoxy) is 1. The van der Waals surface area contributed by atoms with Gasteiger partial charge >= 0.3 is 5.97 Å². The van der Waals surface area contributed by atoms with Crippen molar-refractivity contribution in [1.82, 2.24) is 0 Å². The summed E-state index contributed by atoms with van der Waals surface area (Å²) in [5.41, 5.74) is -1.17. The summed E-state index contributed by atoms with van der Waals surface area (Å²) in [6.07, 6.45) is -2.10. The molecule has 1 heterocycles. The van der Waals surface area contributed by atoms with E-state index in [0.717, 1.165) is 5.57 Å². The van der Waals surface area contributed by atoms with Crippen LogP contribution in [0, 0.1) is 34.5 Å². The van der Waals surface area contributed by atoms with Crippen molar-refractivity contribution in [1.29, 1.82) is 0 Å². The van der Waals surface area contributed by atoms with Gasteiger partial charge in [-0.25, -0.2) is 0 Å². The molecule has 2 bridgehead atoms. The fraction of sp³-hybridized carbons (Fsp3) is 0.789. The average molecular weight is 350 g/mol. The Morgan fingerprint density at radius 2 is 1.84 bits per heavy atom. The molecule has 25 heavy (non-hydrogen) atoms. The van der Waals surface area contributed by atoms with E-state index in [1.807, 2.05) is 20.8 Å². The molecule has 138 valence electrons. The molecular formula is C19H26O6. The van der Waals surface area contributed by atoms with Crippen molar-refractivity contribution in [3.8, 4) is 0 Å². The lowest BCUT2D eigenvalue weighted by molar-refractivity contribution is -0.219. The average Bonchev–Trinajstić information content (AvgIpc) is 2.78. The molecule has 6 heteroatoms. The van der Waals surface area contributed by atoms with E-state index in [4.69, 9.17) is 4.74 Å². The predicted molar refractivity (Wildman–Crippen MR) is 87.1 cm³/mol. The second-order valence-corrected chi connectivity index (χ2v) is 8.88. The first-order valence-electron chi connectivity index (χ1n) is 9.02. The van der Waals surface area contributed by atoms with E-state index in [-0.39, 0.29) is 24.0 Å². The third kappa shape index (κ3) is 1.76. The third-order valence-electron chi connectivity index (χ3n) is 7.88. The van der Waals surface area contributed by atoms with Gasteiger partial charge in [0.15, 0.2) is 0 Å². The van der Waals surface area contributed by atoms with Crippen LogP contribution < -0.4 is 0 Å². The molecule has 0 aromatic heterocycles.